The lowest BCUT2D eigenvalue weighted by Crippen LogP contribution is -2.45. The molecule has 5 nitrogen and oxygen atoms in total. The molecule has 1 aliphatic rings. The molecule has 0 spiro atoms. The zero-order valence-corrected chi connectivity index (χ0v) is 13.9. The van der Waals surface area contributed by atoms with Gasteiger partial charge in [-0.15, -0.1) is 0 Å². The van der Waals surface area contributed by atoms with Crippen LogP contribution in [0.1, 0.15) is 72.1 Å². The Labute approximate surface area is 131 Å². The number of aromatic amines is 1. The van der Waals surface area contributed by atoms with Gasteiger partial charge in [-0.3, -0.25) is 9.59 Å². The zero-order valence-electron chi connectivity index (χ0n) is 13.9. The number of carbonyl (C=O) groups is 2. The number of ketones is 1. The van der Waals surface area contributed by atoms with Gasteiger partial charge in [0.05, 0.1) is 6.61 Å². The average Bonchev–Trinajstić information content (AvgIpc) is 3.00. The Kier molecular flexibility index (Phi) is 4.75. The molecule has 2 atom stereocenters. The Balaban J connectivity index is 2.27. The molecule has 22 heavy (non-hydrogen) atoms. The van der Waals surface area contributed by atoms with Crippen molar-refractivity contribution >= 4 is 11.7 Å². The molecule has 122 valence electrons. The molecule has 0 saturated heterocycles. The van der Waals surface area contributed by atoms with Crippen LogP contribution in [0.3, 0.4) is 0 Å². The molecule has 3 N–H and O–H groups in total. The van der Waals surface area contributed by atoms with Crippen molar-refractivity contribution in [1.29, 1.82) is 0 Å². The summed E-state index contributed by atoms with van der Waals surface area (Å²) in [4.78, 5) is 27.5. The highest BCUT2D eigenvalue weighted by molar-refractivity contribution is 6.02. The summed E-state index contributed by atoms with van der Waals surface area (Å²) in [6.07, 6.45) is 3.43. The van der Waals surface area contributed by atoms with Crippen LogP contribution in [0, 0.1) is 12.3 Å². The summed E-state index contributed by atoms with van der Waals surface area (Å²) in [6, 6.07) is -0.0286. The lowest BCUT2D eigenvalue weighted by Gasteiger charge is -2.30. The molecule has 2 unspecified atom stereocenters. The summed E-state index contributed by atoms with van der Waals surface area (Å²) in [5.41, 5.74) is 2.38. The van der Waals surface area contributed by atoms with Gasteiger partial charge in [0.1, 0.15) is 5.69 Å². The van der Waals surface area contributed by atoms with Gasteiger partial charge in [-0.25, -0.2) is 0 Å². The van der Waals surface area contributed by atoms with E-state index in [4.69, 9.17) is 0 Å². The molecule has 5 heteroatoms. The summed E-state index contributed by atoms with van der Waals surface area (Å²) in [5.74, 6) is -0.204. The zero-order chi connectivity index (χ0) is 16.5. The van der Waals surface area contributed by atoms with Crippen LogP contribution in [-0.2, 0) is 6.42 Å². The first-order valence-electron chi connectivity index (χ1n) is 7.98. The van der Waals surface area contributed by atoms with E-state index < -0.39 is 0 Å². The fraction of sp³-hybridized carbons (Fsp3) is 0.647. The second-order valence-electron chi connectivity index (χ2n) is 6.62. The molecular weight excluding hydrogens is 280 g/mol. The number of H-pyrrole nitrogens is 1. The number of Topliss-reactive ketones (excluding diaryl/α,β-unsaturated/α-hetero) is 1. The fourth-order valence-electron chi connectivity index (χ4n) is 3.60. The fourth-order valence-corrected chi connectivity index (χ4v) is 3.60. The molecule has 1 aromatic rings. The van der Waals surface area contributed by atoms with Crippen LogP contribution in [0.4, 0.5) is 0 Å². The third kappa shape index (κ3) is 2.82. The number of aliphatic hydroxyl groups is 1. The van der Waals surface area contributed by atoms with Gasteiger partial charge >= 0.3 is 0 Å². The maximum absolute atomic E-state index is 12.6. The number of hydrogen-bond acceptors (Lipinski definition) is 3. The molecular formula is C17H26N2O3. The lowest BCUT2D eigenvalue weighted by atomic mass is 9.85. The lowest BCUT2D eigenvalue weighted by molar-refractivity contribution is 0.0825. The molecule has 1 heterocycles. The molecule has 1 fully saturated rings. The van der Waals surface area contributed by atoms with Crippen LogP contribution in [0.5, 0.6) is 0 Å². The first-order valence-corrected chi connectivity index (χ1v) is 7.98. The van der Waals surface area contributed by atoms with E-state index in [-0.39, 0.29) is 29.8 Å². The van der Waals surface area contributed by atoms with Crippen molar-refractivity contribution in [2.45, 2.75) is 59.4 Å². The topological polar surface area (TPSA) is 82.2 Å². The average molecular weight is 306 g/mol. The van der Waals surface area contributed by atoms with E-state index in [1.807, 2.05) is 20.8 Å². The summed E-state index contributed by atoms with van der Waals surface area (Å²) < 4.78 is 0. The number of carbonyl (C=O) groups excluding carboxylic acids is 2. The molecule has 0 bridgehead atoms. The van der Waals surface area contributed by atoms with Crippen LogP contribution < -0.4 is 5.32 Å². The molecule has 1 saturated carbocycles. The standard InChI is InChI=1S/C17H26N2O3/c1-5-12-14(11(3)21)10(2)18-15(12)16(22)19-13-7-6-8-17(13,4)9-20/h13,18,20H,5-9H2,1-4H3,(H,19,22). The Bertz CT molecular complexity index is 591. The van der Waals surface area contributed by atoms with Crippen molar-refractivity contribution in [1.82, 2.24) is 10.3 Å². The Hall–Kier alpha value is -1.62. The first-order chi connectivity index (χ1) is 10.3. The quantitative estimate of drug-likeness (QED) is 0.730. The highest BCUT2D eigenvalue weighted by atomic mass is 16.3. The van der Waals surface area contributed by atoms with Crippen molar-refractivity contribution in [3.63, 3.8) is 0 Å². The highest BCUT2D eigenvalue weighted by Crippen LogP contribution is 2.37. The van der Waals surface area contributed by atoms with E-state index in [2.05, 4.69) is 10.3 Å². The van der Waals surface area contributed by atoms with Crippen molar-refractivity contribution < 1.29 is 14.7 Å². The number of aromatic nitrogens is 1. The van der Waals surface area contributed by atoms with Gasteiger partial charge in [-0.1, -0.05) is 20.3 Å². The van der Waals surface area contributed by atoms with Gasteiger partial charge in [-0.2, -0.15) is 0 Å². The van der Waals surface area contributed by atoms with Crippen LogP contribution in [0.2, 0.25) is 0 Å². The minimum Gasteiger partial charge on any atom is -0.396 e. The molecule has 0 aliphatic heterocycles. The van der Waals surface area contributed by atoms with Gasteiger partial charge in [0.2, 0.25) is 0 Å². The Morgan fingerprint density at radius 1 is 1.45 bits per heavy atom. The van der Waals surface area contributed by atoms with Gasteiger partial charge in [0, 0.05) is 22.7 Å². The van der Waals surface area contributed by atoms with Gasteiger partial charge in [0.25, 0.3) is 5.91 Å². The predicted molar refractivity (Wildman–Crippen MR) is 85.2 cm³/mol. The summed E-state index contributed by atoms with van der Waals surface area (Å²) in [7, 11) is 0. The van der Waals surface area contributed by atoms with Crippen molar-refractivity contribution in [3.8, 4) is 0 Å². The van der Waals surface area contributed by atoms with Crippen molar-refractivity contribution in [3.05, 3.63) is 22.5 Å². The molecule has 2 rings (SSSR count). The Morgan fingerprint density at radius 2 is 2.14 bits per heavy atom. The predicted octanol–water partition coefficient (Wildman–Crippen LogP) is 2.37. The minimum absolute atomic E-state index is 0.0225. The number of aryl methyl sites for hydroxylation is 1. The van der Waals surface area contributed by atoms with Crippen molar-refractivity contribution in [2.75, 3.05) is 6.61 Å². The van der Waals surface area contributed by atoms with Gasteiger partial charge in [-0.05, 0) is 38.7 Å². The molecule has 0 aromatic carbocycles. The van der Waals surface area contributed by atoms with Crippen LogP contribution in [-0.4, -0.2) is 34.4 Å². The maximum atomic E-state index is 12.6. The van der Waals surface area contributed by atoms with Gasteiger partial charge < -0.3 is 15.4 Å². The second-order valence-corrected chi connectivity index (χ2v) is 6.62. The largest absolute Gasteiger partial charge is 0.396 e. The van der Waals surface area contributed by atoms with E-state index >= 15 is 0 Å². The molecule has 1 amide bonds. The molecule has 1 aliphatic carbocycles. The summed E-state index contributed by atoms with van der Waals surface area (Å²) in [5, 5.41) is 12.6. The van der Waals surface area contributed by atoms with Crippen LogP contribution in [0.25, 0.3) is 0 Å². The highest BCUT2D eigenvalue weighted by Gasteiger charge is 2.39. The second kappa shape index (κ2) is 6.24. The summed E-state index contributed by atoms with van der Waals surface area (Å²) >= 11 is 0. The number of amides is 1. The number of hydrogen-bond donors (Lipinski definition) is 3. The minimum atomic E-state index is -0.257. The number of nitrogens with one attached hydrogen (secondary N) is 2. The van der Waals surface area contributed by atoms with Crippen molar-refractivity contribution in [2.24, 2.45) is 5.41 Å². The maximum Gasteiger partial charge on any atom is 0.268 e. The Morgan fingerprint density at radius 3 is 2.68 bits per heavy atom. The SMILES string of the molecule is CCc1c(C(=O)NC2CCCC2(C)CO)[nH]c(C)c1C(C)=O. The summed E-state index contributed by atoms with van der Waals surface area (Å²) in [6.45, 7) is 7.36. The number of aliphatic hydroxyl groups excluding tert-OH is 1. The monoisotopic (exact) mass is 306 g/mol. The number of rotatable bonds is 5. The smallest absolute Gasteiger partial charge is 0.268 e. The van der Waals surface area contributed by atoms with Crippen LogP contribution >= 0.6 is 0 Å². The van der Waals surface area contributed by atoms with Crippen LogP contribution in [0.15, 0.2) is 0 Å². The van der Waals surface area contributed by atoms with E-state index in [9.17, 15) is 14.7 Å². The van der Waals surface area contributed by atoms with Gasteiger partial charge in [0.15, 0.2) is 5.78 Å². The van der Waals surface area contributed by atoms with E-state index in [0.29, 0.717) is 17.7 Å². The third-order valence-corrected chi connectivity index (χ3v) is 4.97. The normalized spacial score (nSPS) is 24.5. The molecule has 1 aromatic heterocycles. The third-order valence-electron chi connectivity index (χ3n) is 4.97. The molecule has 0 radical (unpaired) electrons. The van der Waals surface area contributed by atoms with E-state index in [1.54, 1.807) is 0 Å². The first kappa shape index (κ1) is 16.7. The van der Waals surface area contributed by atoms with E-state index in [1.165, 1.54) is 6.92 Å². The van der Waals surface area contributed by atoms with E-state index in [0.717, 1.165) is 30.5 Å².